The fourth-order valence-electron chi connectivity index (χ4n) is 0. The summed E-state index contributed by atoms with van der Waals surface area (Å²) in [5, 5.41) is 15.3. The molecule has 0 bridgehead atoms. The van der Waals surface area contributed by atoms with E-state index in [1.807, 2.05) is 0 Å². The van der Waals surface area contributed by atoms with E-state index in [9.17, 15) is 9.59 Å². The summed E-state index contributed by atoms with van der Waals surface area (Å²) in [5.74, 6) is -1.73. The van der Waals surface area contributed by atoms with Crippen LogP contribution >= 0.6 is 0 Å². The average molecular weight is 146 g/mol. The van der Waals surface area contributed by atoms with Crippen LogP contribution in [0.3, 0.4) is 0 Å². The first-order valence-corrected chi connectivity index (χ1v) is 2.61. The van der Waals surface area contributed by atoms with Crippen molar-refractivity contribution < 1.29 is 19.8 Å². The Kier molecular flexibility index (Phi) is 8.81. The quantitative estimate of drug-likeness (QED) is 0.563. The zero-order valence-corrected chi connectivity index (χ0v) is 5.70. The lowest BCUT2D eigenvalue weighted by molar-refractivity contribution is -0.136. The van der Waals surface area contributed by atoms with Gasteiger partial charge in [0, 0.05) is 12.5 Å². The minimum atomic E-state index is -0.981. The van der Waals surface area contributed by atoms with Crippen molar-refractivity contribution >= 4 is 11.9 Å². The van der Waals surface area contributed by atoms with Gasteiger partial charge in [0.15, 0.2) is 0 Å². The van der Waals surface area contributed by atoms with E-state index in [2.05, 4.69) is 6.58 Å². The molecule has 4 nitrogen and oxygen atoms in total. The van der Waals surface area contributed by atoms with Gasteiger partial charge in [-0.3, -0.25) is 4.79 Å². The molecule has 2 N–H and O–H groups in total. The van der Waals surface area contributed by atoms with Crippen molar-refractivity contribution in [3.8, 4) is 0 Å². The highest BCUT2D eigenvalue weighted by Crippen LogP contribution is 1.67. The number of aliphatic carboxylic acids is 2. The standard InChI is InChI=1S/C3H6O2.C3H4O2/c2*1-2-3(4)5/h2H2,1H3,(H,4,5);2H,1H2,(H,4,5). The second-order valence-electron chi connectivity index (χ2n) is 1.29. The zero-order valence-electron chi connectivity index (χ0n) is 5.70. The molecule has 58 valence electrons. The predicted molar refractivity (Wildman–Crippen MR) is 35.8 cm³/mol. The summed E-state index contributed by atoms with van der Waals surface area (Å²) in [6.45, 7) is 4.56. The number of hydrogen-bond donors (Lipinski definition) is 2. The van der Waals surface area contributed by atoms with E-state index in [0.717, 1.165) is 6.08 Å². The highest BCUT2D eigenvalue weighted by molar-refractivity contribution is 5.78. The molecule has 0 amide bonds. The highest BCUT2D eigenvalue weighted by Gasteiger charge is 1.80. The Balaban J connectivity index is 0. The van der Waals surface area contributed by atoms with Crippen molar-refractivity contribution in [3.05, 3.63) is 12.7 Å². The van der Waals surface area contributed by atoms with Gasteiger partial charge in [0.2, 0.25) is 0 Å². The van der Waals surface area contributed by atoms with Gasteiger partial charge in [-0.15, -0.1) is 0 Å². The molecule has 4 heteroatoms. The van der Waals surface area contributed by atoms with E-state index in [4.69, 9.17) is 10.2 Å². The Labute approximate surface area is 58.8 Å². The maximum Gasteiger partial charge on any atom is 0.327 e. The van der Waals surface area contributed by atoms with Gasteiger partial charge in [-0.05, 0) is 0 Å². The minimum Gasteiger partial charge on any atom is -0.481 e. The van der Waals surface area contributed by atoms with Crippen LogP contribution in [0.5, 0.6) is 0 Å². The van der Waals surface area contributed by atoms with E-state index in [1.165, 1.54) is 0 Å². The van der Waals surface area contributed by atoms with Gasteiger partial charge < -0.3 is 10.2 Å². The third-order valence-electron chi connectivity index (χ3n) is 0.477. The second-order valence-corrected chi connectivity index (χ2v) is 1.29. The Morgan fingerprint density at radius 3 is 1.70 bits per heavy atom. The largest absolute Gasteiger partial charge is 0.481 e. The fraction of sp³-hybridized carbons (Fsp3) is 0.333. The minimum absolute atomic E-state index is 0.222. The van der Waals surface area contributed by atoms with Gasteiger partial charge in [-0.2, -0.15) is 0 Å². The summed E-state index contributed by atoms with van der Waals surface area (Å²) >= 11 is 0. The molecule has 0 radical (unpaired) electrons. The normalized spacial score (nSPS) is 6.90. The molecule has 0 saturated carbocycles. The van der Waals surface area contributed by atoms with Gasteiger partial charge in [0.1, 0.15) is 0 Å². The van der Waals surface area contributed by atoms with E-state index in [-0.39, 0.29) is 6.42 Å². The Morgan fingerprint density at radius 2 is 1.70 bits per heavy atom. The summed E-state index contributed by atoms with van der Waals surface area (Å²) < 4.78 is 0. The van der Waals surface area contributed by atoms with Crippen molar-refractivity contribution in [1.82, 2.24) is 0 Å². The summed E-state index contributed by atoms with van der Waals surface area (Å²) in [7, 11) is 0. The molecule has 0 unspecified atom stereocenters. The van der Waals surface area contributed by atoms with Crippen LogP contribution in [0.25, 0.3) is 0 Å². The summed E-state index contributed by atoms with van der Waals surface area (Å²) in [6, 6.07) is 0. The van der Waals surface area contributed by atoms with Crippen LogP contribution in [0, 0.1) is 0 Å². The predicted octanol–water partition coefficient (Wildman–Crippen LogP) is 0.738. The molecule has 0 saturated heterocycles. The molecular weight excluding hydrogens is 136 g/mol. The molecule has 0 aromatic rings. The van der Waals surface area contributed by atoms with Gasteiger partial charge in [-0.25, -0.2) is 4.79 Å². The molecule has 0 aromatic heterocycles. The topological polar surface area (TPSA) is 74.6 Å². The monoisotopic (exact) mass is 146 g/mol. The van der Waals surface area contributed by atoms with Crippen LogP contribution in [0.2, 0.25) is 0 Å². The van der Waals surface area contributed by atoms with Gasteiger partial charge in [0.05, 0.1) is 0 Å². The number of carbonyl (C=O) groups is 2. The third-order valence-corrected chi connectivity index (χ3v) is 0.477. The van der Waals surface area contributed by atoms with Crippen molar-refractivity contribution in [1.29, 1.82) is 0 Å². The summed E-state index contributed by atoms with van der Waals surface area (Å²) in [5.41, 5.74) is 0. The Hall–Kier alpha value is -1.32. The molecule has 10 heavy (non-hydrogen) atoms. The van der Waals surface area contributed by atoms with E-state index < -0.39 is 11.9 Å². The van der Waals surface area contributed by atoms with E-state index >= 15 is 0 Å². The van der Waals surface area contributed by atoms with Crippen LogP contribution in [-0.2, 0) is 9.59 Å². The van der Waals surface area contributed by atoms with Gasteiger partial charge >= 0.3 is 11.9 Å². The van der Waals surface area contributed by atoms with Crippen molar-refractivity contribution in [2.45, 2.75) is 13.3 Å². The number of carboxylic acids is 2. The lowest BCUT2D eigenvalue weighted by atomic mass is 10.5. The first-order valence-electron chi connectivity index (χ1n) is 2.61. The highest BCUT2D eigenvalue weighted by atomic mass is 16.4. The lowest BCUT2D eigenvalue weighted by Crippen LogP contribution is -1.86. The van der Waals surface area contributed by atoms with Crippen LogP contribution in [0.4, 0.5) is 0 Å². The SMILES string of the molecule is C=CC(=O)O.CCC(=O)O. The third kappa shape index (κ3) is 30.0. The van der Waals surface area contributed by atoms with Gasteiger partial charge in [0.25, 0.3) is 0 Å². The molecule has 0 aromatic carbocycles. The molecule has 0 rings (SSSR count). The summed E-state index contributed by atoms with van der Waals surface area (Å²) in [6.07, 6.45) is 1.06. The zero-order chi connectivity index (χ0) is 8.57. The molecule has 0 fully saturated rings. The van der Waals surface area contributed by atoms with Crippen molar-refractivity contribution in [2.75, 3.05) is 0 Å². The fourth-order valence-corrected chi connectivity index (χ4v) is 0. The van der Waals surface area contributed by atoms with Crippen molar-refractivity contribution in [2.24, 2.45) is 0 Å². The second kappa shape index (κ2) is 7.68. The van der Waals surface area contributed by atoms with Crippen molar-refractivity contribution in [3.63, 3.8) is 0 Å². The Bertz CT molecular complexity index is 128. The molecule has 0 atom stereocenters. The molecular formula is C6H10O4. The molecule has 0 aliphatic heterocycles. The van der Waals surface area contributed by atoms with Crippen LogP contribution in [-0.4, -0.2) is 22.2 Å². The number of hydrogen-bond acceptors (Lipinski definition) is 2. The molecule has 0 aliphatic rings. The van der Waals surface area contributed by atoms with Gasteiger partial charge in [-0.1, -0.05) is 13.5 Å². The molecule has 0 aliphatic carbocycles. The first-order chi connectivity index (χ1) is 4.54. The van der Waals surface area contributed by atoms with Crippen LogP contribution in [0.15, 0.2) is 12.7 Å². The number of rotatable bonds is 2. The summed E-state index contributed by atoms with van der Waals surface area (Å²) in [4.78, 5) is 18.6. The van der Waals surface area contributed by atoms with E-state index in [1.54, 1.807) is 6.92 Å². The molecule has 0 heterocycles. The average Bonchev–Trinajstić information content (AvgIpc) is 1.89. The molecule has 0 spiro atoms. The van der Waals surface area contributed by atoms with E-state index in [0.29, 0.717) is 0 Å². The maximum atomic E-state index is 9.37. The van der Waals surface area contributed by atoms with Crippen LogP contribution < -0.4 is 0 Å². The first kappa shape index (κ1) is 11.5. The number of carboxylic acid groups (broad SMARTS) is 2. The lowest BCUT2D eigenvalue weighted by Gasteiger charge is -1.71. The maximum absolute atomic E-state index is 9.37. The Morgan fingerprint density at radius 1 is 1.50 bits per heavy atom. The van der Waals surface area contributed by atoms with Crippen LogP contribution in [0.1, 0.15) is 13.3 Å². The smallest absolute Gasteiger partial charge is 0.327 e.